The number of carbonyl (C=O) groups is 1. The number of likely N-dealkylation sites (tertiary alicyclic amines) is 1. The van der Waals surface area contributed by atoms with Crippen LogP contribution in [0.5, 0.6) is 6.01 Å². The quantitative estimate of drug-likeness (QED) is 0.128. The number of rotatable bonds is 8. The maximum atomic E-state index is 17.0. The zero-order valence-electron chi connectivity index (χ0n) is 31.0. The Kier molecular flexibility index (Phi) is 9.63. The lowest BCUT2D eigenvalue weighted by molar-refractivity contribution is -0.127. The third-order valence-electron chi connectivity index (χ3n) is 11.2. The number of alkyl halides is 1. The van der Waals surface area contributed by atoms with E-state index >= 15 is 4.39 Å². The molecule has 8 rings (SSSR count). The second-order valence-corrected chi connectivity index (χ2v) is 14.9. The van der Waals surface area contributed by atoms with E-state index in [2.05, 4.69) is 30.8 Å². The lowest BCUT2D eigenvalue weighted by atomic mass is 9.95. The third-order valence-corrected chi connectivity index (χ3v) is 11.2. The minimum Gasteiger partial charge on any atom is -0.461 e. The standard InChI is InChI=1S/C42H41F3N8O2/c1-5-31-34(44)14-12-27-9-6-11-32(36(27)31)38-37(45)39-33(21-46-38)40(50-41(49-39)55-24-42-16-8-18-53(42)22-28(43)20-42)51(4)30-10-7-17-52(23-30)35(54)15-13-29-19-25(2)47-26(3)48-29/h1,6,9,11-15,19,21,28,30H,7-8,10,16-18,20,22-24H2,2-4H3/b15-13+/t28-,30-,42+/m1/s1. The van der Waals surface area contributed by atoms with Crippen LogP contribution in [-0.2, 0) is 4.79 Å². The van der Waals surface area contributed by atoms with Crippen LogP contribution in [0.15, 0.2) is 48.7 Å². The molecule has 0 spiro atoms. The van der Waals surface area contributed by atoms with Crippen LogP contribution in [0.3, 0.4) is 0 Å². The zero-order chi connectivity index (χ0) is 38.4. The van der Waals surface area contributed by atoms with Crippen LogP contribution in [0.2, 0.25) is 0 Å². The van der Waals surface area contributed by atoms with Crippen molar-refractivity contribution in [1.82, 2.24) is 34.7 Å². The summed E-state index contributed by atoms with van der Waals surface area (Å²) in [7, 11) is 1.85. The van der Waals surface area contributed by atoms with E-state index in [9.17, 15) is 13.6 Å². The van der Waals surface area contributed by atoms with E-state index in [0.717, 1.165) is 37.9 Å². The Morgan fingerprint density at radius 2 is 1.96 bits per heavy atom. The average molecular weight is 747 g/mol. The van der Waals surface area contributed by atoms with Gasteiger partial charge in [-0.15, -0.1) is 6.42 Å². The number of halogens is 3. The van der Waals surface area contributed by atoms with E-state index in [1.54, 1.807) is 35.2 Å². The minimum absolute atomic E-state index is 0.0122. The fraction of sp³-hybridized carbons (Fsp3) is 0.381. The fourth-order valence-corrected chi connectivity index (χ4v) is 8.62. The van der Waals surface area contributed by atoms with Gasteiger partial charge in [0.1, 0.15) is 41.4 Å². The molecule has 3 aliphatic heterocycles. The van der Waals surface area contributed by atoms with Gasteiger partial charge in [-0.1, -0.05) is 30.2 Å². The first-order valence-electron chi connectivity index (χ1n) is 18.6. The van der Waals surface area contributed by atoms with Crippen molar-refractivity contribution in [2.24, 2.45) is 0 Å². The van der Waals surface area contributed by atoms with E-state index in [4.69, 9.17) is 16.1 Å². The number of fused-ring (bicyclic) bond motifs is 3. The number of anilines is 1. The van der Waals surface area contributed by atoms with Crippen LogP contribution in [0.1, 0.15) is 54.9 Å². The molecular weight excluding hydrogens is 706 g/mol. The molecule has 3 saturated heterocycles. The van der Waals surface area contributed by atoms with Gasteiger partial charge in [-0.3, -0.25) is 14.7 Å². The number of piperidine rings is 1. The highest BCUT2D eigenvalue weighted by Gasteiger charge is 2.49. The molecule has 1 amide bonds. The number of benzene rings is 2. The summed E-state index contributed by atoms with van der Waals surface area (Å²) in [6.07, 6.45) is 13.1. The van der Waals surface area contributed by atoms with Gasteiger partial charge >= 0.3 is 6.01 Å². The molecule has 0 radical (unpaired) electrons. The van der Waals surface area contributed by atoms with Crippen LogP contribution in [0.4, 0.5) is 19.0 Å². The first kappa shape index (κ1) is 36.4. The van der Waals surface area contributed by atoms with Crippen LogP contribution in [0, 0.1) is 37.8 Å². The average Bonchev–Trinajstić information content (AvgIpc) is 3.71. The van der Waals surface area contributed by atoms with Crippen LogP contribution in [-0.4, -0.2) is 98.2 Å². The van der Waals surface area contributed by atoms with E-state index in [1.165, 1.54) is 18.3 Å². The summed E-state index contributed by atoms with van der Waals surface area (Å²) in [5.41, 5.74) is 1.24. The van der Waals surface area contributed by atoms with Crippen molar-refractivity contribution in [1.29, 1.82) is 0 Å². The molecule has 3 aromatic heterocycles. The van der Waals surface area contributed by atoms with Crippen molar-refractivity contribution in [3.8, 4) is 29.6 Å². The van der Waals surface area contributed by atoms with E-state index in [1.807, 2.05) is 31.9 Å². The summed E-state index contributed by atoms with van der Waals surface area (Å²) in [5, 5.41) is 1.34. The largest absolute Gasteiger partial charge is 0.461 e. The molecule has 55 heavy (non-hydrogen) atoms. The summed E-state index contributed by atoms with van der Waals surface area (Å²) in [5.74, 6) is 1.94. The number of pyridine rings is 1. The lowest BCUT2D eigenvalue weighted by Gasteiger charge is -2.38. The minimum atomic E-state index is -0.950. The van der Waals surface area contributed by atoms with Gasteiger partial charge in [0.05, 0.1) is 22.2 Å². The van der Waals surface area contributed by atoms with E-state index in [-0.39, 0.29) is 41.3 Å². The molecule has 0 saturated carbocycles. The Morgan fingerprint density at radius 3 is 2.78 bits per heavy atom. The Balaban J connectivity index is 1.16. The summed E-state index contributed by atoms with van der Waals surface area (Å²) in [6.45, 7) is 5.95. The second-order valence-electron chi connectivity index (χ2n) is 14.9. The summed E-state index contributed by atoms with van der Waals surface area (Å²) >= 11 is 0. The normalized spacial score (nSPS) is 21.4. The molecule has 3 fully saturated rings. The maximum Gasteiger partial charge on any atom is 0.319 e. The molecule has 6 heterocycles. The Hall–Kier alpha value is -5.61. The van der Waals surface area contributed by atoms with Crippen LogP contribution < -0.4 is 9.64 Å². The Bertz CT molecular complexity index is 2380. The molecular formula is C42H41F3N8O2. The van der Waals surface area contributed by atoms with Gasteiger partial charge < -0.3 is 14.5 Å². The van der Waals surface area contributed by atoms with Crippen molar-refractivity contribution in [3.05, 3.63) is 83.1 Å². The monoisotopic (exact) mass is 746 g/mol. The number of likely N-dealkylation sites (N-methyl/N-ethyl adjacent to an activating group) is 1. The third kappa shape index (κ3) is 6.84. The molecule has 282 valence electrons. The molecule has 10 nitrogen and oxygen atoms in total. The highest BCUT2D eigenvalue weighted by atomic mass is 19.1. The highest BCUT2D eigenvalue weighted by molar-refractivity contribution is 6.02. The number of ether oxygens (including phenoxy) is 1. The molecule has 0 bridgehead atoms. The number of carbonyl (C=O) groups excluding carboxylic acids is 1. The van der Waals surface area contributed by atoms with Gasteiger partial charge in [0.25, 0.3) is 0 Å². The van der Waals surface area contributed by atoms with Gasteiger partial charge in [0.15, 0.2) is 5.82 Å². The lowest BCUT2D eigenvalue weighted by Crippen LogP contribution is -2.48. The van der Waals surface area contributed by atoms with Gasteiger partial charge in [-0.2, -0.15) is 9.97 Å². The summed E-state index contributed by atoms with van der Waals surface area (Å²) < 4.78 is 52.9. The first-order chi connectivity index (χ1) is 26.5. The van der Waals surface area contributed by atoms with Gasteiger partial charge in [-0.25, -0.2) is 23.1 Å². The molecule has 2 aromatic carbocycles. The predicted molar refractivity (Wildman–Crippen MR) is 205 cm³/mol. The molecule has 3 aliphatic rings. The maximum absolute atomic E-state index is 17.0. The molecule has 0 unspecified atom stereocenters. The van der Waals surface area contributed by atoms with Gasteiger partial charge in [-0.05, 0) is 69.7 Å². The van der Waals surface area contributed by atoms with Crippen molar-refractivity contribution in [2.75, 3.05) is 44.7 Å². The highest BCUT2D eigenvalue weighted by Crippen LogP contribution is 2.41. The number of aryl methyl sites for hydroxylation is 2. The number of aromatic nitrogens is 5. The molecule has 3 atom stereocenters. The van der Waals surface area contributed by atoms with E-state index < -0.39 is 23.3 Å². The summed E-state index contributed by atoms with van der Waals surface area (Å²) in [4.78, 5) is 42.0. The Labute approximate surface area is 317 Å². The number of hydrogen-bond acceptors (Lipinski definition) is 9. The van der Waals surface area contributed by atoms with Crippen molar-refractivity contribution < 1.29 is 22.7 Å². The van der Waals surface area contributed by atoms with E-state index in [0.29, 0.717) is 65.1 Å². The fourth-order valence-electron chi connectivity index (χ4n) is 8.62. The number of amides is 1. The smallest absolute Gasteiger partial charge is 0.319 e. The molecule has 0 aliphatic carbocycles. The van der Waals surface area contributed by atoms with Gasteiger partial charge in [0, 0.05) is 68.1 Å². The van der Waals surface area contributed by atoms with Crippen molar-refractivity contribution in [2.45, 2.75) is 63.7 Å². The number of hydrogen-bond donors (Lipinski definition) is 0. The summed E-state index contributed by atoms with van der Waals surface area (Å²) in [6, 6.07) is 9.64. The topological polar surface area (TPSA) is 100 Å². The Morgan fingerprint density at radius 1 is 1.11 bits per heavy atom. The molecule has 5 aromatic rings. The first-order valence-corrected chi connectivity index (χ1v) is 18.6. The predicted octanol–water partition coefficient (Wildman–Crippen LogP) is 6.61. The van der Waals surface area contributed by atoms with Crippen molar-refractivity contribution in [3.63, 3.8) is 0 Å². The number of nitrogens with zero attached hydrogens (tertiary/aromatic N) is 8. The van der Waals surface area contributed by atoms with Crippen molar-refractivity contribution >= 4 is 39.5 Å². The SMILES string of the molecule is C#Cc1c(F)ccc2cccc(-c3ncc4c(N(C)[C@@H]5CCCN(C(=O)/C=C/c6cc(C)nc(C)n6)C5)nc(OC[C@@]56CCCN5C[C@H](F)C6)nc4c3F)c12. The molecule has 0 N–H and O–H groups in total. The van der Waals surface area contributed by atoms with Crippen LogP contribution >= 0.6 is 0 Å². The molecule has 13 heteroatoms. The second kappa shape index (κ2) is 14.6. The van der Waals surface area contributed by atoms with Crippen LogP contribution in [0.25, 0.3) is 39.0 Å². The number of terminal acetylenes is 1. The zero-order valence-corrected chi connectivity index (χ0v) is 31.0. The van der Waals surface area contributed by atoms with Gasteiger partial charge in [0.2, 0.25) is 5.91 Å².